The lowest BCUT2D eigenvalue weighted by Crippen LogP contribution is -2.40. The maximum Gasteiger partial charge on any atom is 0.296 e. The van der Waals surface area contributed by atoms with Gasteiger partial charge in [0.25, 0.3) is 27.4 Å². The van der Waals surface area contributed by atoms with Crippen molar-refractivity contribution >= 4 is 44.8 Å². The monoisotopic (exact) mass is 651 g/mol. The first kappa shape index (κ1) is 32.0. The zero-order chi connectivity index (χ0) is 32.6. The number of anilines is 2. The molecule has 236 valence electrons. The molecule has 0 atom stereocenters. The predicted molar refractivity (Wildman–Crippen MR) is 173 cm³/mol. The quantitative estimate of drug-likeness (QED) is 0.298. The second-order valence-corrected chi connectivity index (χ2v) is 13.2. The van der Waals surface area contributed by atoms with Gasteiger partial charge in [0, 0.05) is 45.5 Å². The van der Waals surface area contributed by atoms with Crippen molar-refractivity contribution in [1.29, 1.82) is 0 Å². The normalized spacial score (nSPS) is 13.5. The van der Waals surface area contributed by atoms with Crippen molar-refractivity contribution in [2.45, 2.75) is 18.7 Å². The Kier molecular flexibility index (Phi) is 8.92. The maximum atomic E-state index is 13.9. The summed E-state index contributed by atoms with van der Waals surface area (Å²) in [4.78, 5) is 43.0. The third kappa shape index (κ3) is 5.88. The number of amides is 2. The van der Waals surface area contributed by atoms with Crippen molar-refractivity contribution < 1.29 is 22.7 Å². The van der Waals surface area contributed by atoms with Gasteiger partial charge in [0.05, 0.1) is 40.1 Å². The molecule has 0 aliphatic carbocycles. The van der Waals surface area contributed by atoms with Crippen LogP contribution in [0.2, 0.25) is 5.02 Å². The first-order chi connectivity index (χ1) is 21.3. The third-order valence-electron chi connectivity index (χ3n) is 8.07. The number of carbonyl (C=O) groups is 2. The molecule has 2 heterocycles. The number of sulfonamides is 1. The molecule has 1 aliphatic heterocycles. The van der Waals surface area contributed by atoms with Crippen LogP contribution >= 0.6 is 11.6 Å². The molecule has 0 bridgehead atoms. The lowest BCUT2D eigenvalue weighted by molar-refractivity contribution is 0.0303. The van der Waals surface area contributed by atoms with Gasteiger partial charge >= 0.3 is 0 Å². The van der Waals surface area contributed by atoms with E-state index in [0.29, 0.717) is 54.5 Å². The Balaban J connectivity index is 1.44. The zero-order valence-electron chi connectivity index (χ0n) is 25.7. The number of nitrogens with zero attached hydrogens (tertiary/aromatic N) is 5. The number of morpholine rings is 1. The van der Waals surface area contributed by atoms with Gasteiger partial charge in [-0.2, -0.15) is 0 Å². The van der Waals surface area contributed by atoms with E-state index in [-0.39, 0.29) is 27.1 Å². The number of para-hydroxylation sites is 1. The summed E-state index contributed by atoms with van der Waals surface area (Å²) >= 11 is 6.43. The summed E-state index contributed by atoms with van der Waals surface area (Å²) in [6, 6.07) is 17.8. The number of ether oxygens (including phenoxy) is 1. The molecule has 1 saturated heterocycles. The van der Waals surface area contributed by atoms with E-state index in [1.54, 1.807) is 80.0 Å². The van der Waals surface area contributed by atoms with Gasteiger partial charge in [-0.15, -0.1) is 0 Å². The Hall–Kier alpha value is -4.39. The van der Waals surface area contributed by atoms with Crippen molar-refractivity contribution in [1.82, 2.24) is 14.3 Å². The van der Waals surface area contributed by atoms with E-state index in [1.165, 1.54) is 34.8 Å². The summed E-state index contributed by atoms with van der Waals surface area (Å²) in [5, 5.41) is 0.0625. The molecule has 1 aromatic heterocycles. The fraction of sp³-hybridized carbons (Fsp3) is 0.281. The second-order valence-electron chi connectivity index (χ2n) is 10.8. The minimum absolute atomic E-state index is 0.0244. The smallest absolute Gasteiger partial charge is 0.296 e. The first-order valence-corrected chi connectivity index (χ1v) is 16.0. The molecule has 4 aromatic rings. The molecule has 2 amide bonds. The van der Waals surface area contributed by atoms with Crippen LogP contribution < -0.4 is 14.8 Å². The highest BCUT2D eigenvalue weighted by atomic mass is 35.5. The van der Waals surface area contributed by atoms with E-state index < -0.39 is 21.5 Å². The second kappa shape index (κ2) is 12.5. The first-order valence-electron chi connectivity index (χ1n) is 14.2. The van der Waals surface area contributed by atoms with Crippen LogP contribution in [0.4, 0.5) is 11.4 Å². The fourth-order valence-electron chi connectivity index (χ4n) is 5.43. The number of aromatic nitrogens is 2. The summed E-state index contributed by atoms with van der Waals surface area (Å²) < 4.78 is 37.0. The van der Waals surface area contributed by atoms with Crippen LogP contribution in [-0.4, -0.2) is 74.9 Å². The molecule has 0 saturated carbocycles. The van der Waals surface area contributed by atoms with Gasteiger partial charge in [-0.1, -0.05) is 29.8 Å². The van der Waals surface area contributed by atoms with Gasteiger partial charge in [-0.05, 0) is 67.9 Å². The molecular weight excluding hydrogens is 618 g/mol. The maximum absolute atomic E-state index is 13.9. The van der Waals surface area contributed by atoms with Crippen molar-refractivity contribution in [3.8, 4) is 5.69 Å². The molecular formula is C32H34ClN5O6S. The summed E-state index contributed by atoms with van der Waals surface area (Å²) in [5.41, 5.74) is 2.16. The molecule has 13 heteroatoms. The van der Waals surface area contributed by atoms with Crippen molar-refractivity contribution in [2.24, 2.45) is 7.05 Å². The molecule has 0 unspecified atom stereocenters. The van der Waals surface area contributed by atoms with Crippen LogP contribution in [0.5, 0.6) is 0 Å². The summed E-state index contributed by atoms with van der Waals surface area (Å²) in [5.74, 6) is -0.659. The van der Waals surface area contributed by atoms with E-state index in [2.05, 4.69) is 0 Å². The zero-order valence-corrected chi connectivity index (χ0v) is 27.2. The van der Waals surface area contributed by atoms with Gasteiger partial charge in [0.15, 0.2) is 0 Å². The van der Waals surface area contributed by atoms with Crippen molar-refractivity contribution in [2.75, 3.05) is 49.6 Å². The van der Waals surface area contributed by atoms with E-state index in [4.69, 9.17) is 16.3 Å². The van der Waals surface area contributed by atoms with Crippen LogP contribution in [0.3, 0.4) is 0 Å². The summed E-state index contributed by atoms with van der Waals surface area (Å²) in [6.07, 6.45) is 0. The lowest BCUT2D eigenvalue weighted by atomic mass is 10.1. The Bertz CT molecular complexity index is 1950. The SMILES string of the molecule is Cc1cc(C(=O)N2CCOCC2)ccc1N(C)C(=O)c1cc(S(=O)(=O)N(C)c2c(C)n(C)n(-c3ccccc3)c2=O)ccc1Cl. The van der Waals surface area contributed by atoms with Crippen LogP contribution in [0, 0.1) is 13.8 Å². The van der Waals surface area contributed by atoms with Gasteiger partial charge in [0.1, 0.15) is 5.69 Å². The highest BCUT2D eigenvalue weighted by Gasteiger charge is 2.30. The Labute approximate surface area is 266 Å². The highest BCUT2D eigenvalue weighted by Crippen LogP contribution is 2.29. The van der Waals surface area contributed by atoms with Gasteiger partial charge < -0.3 is 14.5 Å². The number of carbonyl (C=O) groups excluding carboxylic acids is 2. The lowest BCUT2D eigenvalue weighted by Gasteiger charge is -2.27. The minimum Gasteiger partial charge on any atom is -0.378 e. The van der Waals surface area contributed by atoms with Gasteiger partial charge in [-0.3, -0.25) is 23.4 Å². The van der Waals surface area contributed by atoms with Crippen LogP contribution in [0.15, 0.2) is 76.4 Å². The van der Waals surface area contributed by atoms with Gasteiger partial charge in [-0.25, -0.2) is 13.1 Å². The van der Waals surface area contributed by atoms with E-state index in [0.717, 1.165) is 4.31 Å². The Morgan fingerprint density at radius 2 is 1.60 bits per heavy atom. The number of hydrogen-bond donors (Lipinski definition) is 0. The standard InChI is InChI=1S/C32H34ClN5O6S/c1-21-19-23(30(39)37-15-17-44-18-16-37)11-14-28(21)34(3)31(40)26-20-25(12-13-27(26)33)45(42,43)36(5)29-22(2)35(4)38(32(29)41)24-9-7-6-8-10-24/h6-14,19-20H,15-18H2,1-5H3. The summed E-state index contributed by atoms with van der Waals surface area (Å²) in [6.45, 7) is 5.45. The van der Waals surface area contributed by atoms with Crippen LogP contribution in [0.1, 0.15) is 32.0 Å². The topological polar surface area (TPSA) is 114 Å². The molecule has 0 N–H and O–H groups in total. The van der Waals surface area contributed by atoms with E-state index >= 15 is 0 Å². The number of benzene rings is 3. The van der Waals surface area contributed by atoms with E-state index in [9.17, 15) is 22.8 Å². The molecule has 45 heavy (non-hydrogen) atoms. The molecule has 0 spiro atoms. The van der Waals surface area contributed by atoms with Crippen molar-refractivity contribution in [3.05, 3.63) is 104 Å². The minimum atomic E-state index is -4.29. The fourth-order valence-corrected chi connectivity index (χ4v) is 6.90. The molecule has 1 fully saturated rings. The molecule has 5 rings (SSSR count). The van der Waals surface area contributed by atoms with Crippen LogP contribution in [-0.2, 0) is 21.8 Å². The average molecular weight is 652 g/mol. The Morgan fingerprint density at radius 1 is 0.933 bits per heavy atom. The summed E-state index contributed by atoms with van der Waals surface area (Å²) in [7, 11) is 0.241. The molecule has 0 radical (unpaired) electrons. The highest BCUT2D eigenvalue weighted by molar-refractivity contribution is 7.92. The molecule has 1 aliphatic rings. The van der Waals surface area contributed by atoms with Gasteiger partial charge in [0.2, 0.25) is 0 Å². The number of rotatable bonds is 7. The molecule has 11 nitrogen and oxygen atoms in total. The number of halogens is 1. The number of aryl methyl sites for hydroxylation is 1. The Morgan fingerprint density at radius 3 is 2.24 bits per heavy atom. The predicted octanol–water partition coefficient (Wildman–Crippen LogP) is 4.02. The van der Waals surface area contributed by atoms with Crippen molar-refractivity contribution in [3.63, 3.8) is 0 Å². The number of hydrogen-bond acceptors (Lipinski definition) is 6. The average Bonchev–Trinajstić information content (AvgIpc) is 3.27. The van der Waals surface area contributed by atoms with E-state index in [1.807, 2.05) is 6.07 Å². The molecule has 3 aromatic carbocycles. The van der Waals surface area contributed by atoms with Crippen LogP contribution in [0.25, 0.3) is 5.69 Å². The third-order valence-corrected chi connectivity index (χ3v) is 10.2. The largest absolute Gasteiger partial charge is 0.378 e.